The van der Waals surface area contributed by atoms with Gasteiger partial charge in [0.15, 0.2) is 5.78 Å². The highest BCUT2D eigenvalue weighted by atomic mass is 31.2. The molecule has 0 rings (SSSR count). The molecule has 0 saturated heterocycles. The minimum atomic E-state index is -3.46. The lowest BCUT2D eigenvalue weighted by Gasteiger charge is -2.24. The zero-order chi connectivity index (χ0) is 17.6. The van der Waals surface area contributed by atoms with E-state index >= 15 is 0 Å². The molecule has 0 bridgehead atoms. The molecule has 0 heterocycles. The normalized spacial score (nSPS) is 13.8. The summed E-state index contributed by atoms with van der Waals surface area (Å²) in [4.78, 5) is 24.2. The van der Waals surface area contributed by atoms with Crippen LogP contribution in [0.1, 0.15) is 41.0 Å². The molecule has 0 radical (unpaired) electrons. The summed E-state index contributed by atoms with van der Waals surface area (Å²) in [5, 5.41) is 2.53. The number of amides is 1. The monoisotopic (exact) mass is 337 g/mol. The summed E-state index contributed by atoms with van der Waals surface area (Å²) < 4.78 is 26.7. The van der Waals surface area contributed by atoms with E-state index in [2.05, 4.69) is 5.32 Å². The molecule has 0 aliphatic rings. The number of ketones is 1. The molecule has 0 aliphatic carbocycles. The van der Waals surface area contributed by atoms with Crippen LogP contribution in [0, 0.1) is 5.92 Å². The molecule has 0 aromatic heterocycles. The summed E-state index contributed by atoms with van der Waals surface area (Å²) in [5.41, 5.74) is -0.663. The number of hydrogen-bond donors (Lipinski definition) is 1. The first-order valence-corrected chi connectivity index (χ1v) is 8.88. The summed E-state index contributed by atoms with van der Waals surface area (Å²) >= 11 is 0. The second kappa shape index (κ2) is 8.65. The lowest BCUT2D eigenvalue weighted by atomic mass is 10.0. The highest BCUT2D eigenvalue weighted by molar-refractivity contribution is 7.54. The van der Waals surface area contributed by atoms with Crippen LogP contribution in [0.25, 0.3) is 0 Å². The molecular weight excluding hydrogens is 309 g/mol. The van der Waals surface area contributed by atoms with E-state index in [9.17, 15) is 14.2 Å². The summed E-state index contributed by atoms with van der Waals surface area (Å²) in [7, 11) is -1.02. The Balaban J connectivity index is 4.94. The molecular formula is C14H28NO6P. The Labute approximate surface area is 132 Å². The zero-order valence-corrected chi connectivity index (χ0v) is 15.4. The molecule has 1 N–H and O–H groups in total. The Morgan fingerprint density at radius 1 is 1.14 bits per heavy atom. The summed E-state index contributed by atoms with van der Waals surface area (Å²) in [6.45, 7) is 9.04. The molecule has 1 atom stereocenters. The van der Waals surface area contributed by atoms with E-state index in [1.54, 1.807) is 20.8 Å². The summed E-state index contributed by atoms with van der Waals surface area (Å²) in [6.07, 6.45) is -0.672. The number of Topliss-reactive ketones (excluding diaryl/α,β-unsaturated/α-hetero) is 1. The van der Waals surface area contributed by atoms with Crippen molar-refractivity contribution in [2.75, 3.05) is 20.4 Å². The first-order chi connectivity index (χ1) is 9.92. The van der Waals surface area contributed by atoms with Gasteiger partial charge in [-0.3, -0.25) is 9.36 Å². The molecule has 1 amide bonds. The van der Waals surface area contributed by atoms with Gasteiger partial charge >= 0.3 is 13.7 Å². The molecule has 0 aromatic carbocycles. The fraction of sp³-hybridized carbons (Fsp3) is 0.857. The number of rotatable bonds is 8. The van der Waals surface area contributed by atoms with Crippen molar-refractivity contribution in [2.45, 2.75) is 52.7 Å². The second-order valence-corrected chi connectivity index (χ2v) is 8.70. The molecule has 0 aromatic rings. The van der Waals surface area contributed by atoms with Gasteiger partial charge in [0.05, 0.1) is 6.04 Å². The third-order valence-corrected chi connectivity index (χ3v) is 4.50. The second-order valence-electron chi connectivity index (χ2n) is 6.43. The van der Waals surface area contributed by atoms with E-state index < -0.39 is 37.3 Å². The van der Waals surface area contributed by atoms with Gasteiger partial charge in [-0.25, -0.2) is 4.79 Å². The molecule has 0 aliphatic heterocycles. The average Bonchev–Trinajstić information content (AvgIpc) is 2.34. The van der Waals surface area contributed by atoms with Crippen molar-refractivity contribution in [3.63, 3.8) is 0 Å². The van der Waals surface area contributed by atoms with Gasteiger partial charge < -0.3 is 19.1 Å². The predicted octanol–water partition coefficient (Wildman–Crippen LogP) is 2.98. The fourth-order valence-electron chi connectivity index (χ4n) is 1.70. The van der Waals surface area contributed by atoms with Crippen LogP contribution in [0.4, 0.5) is 4.79 Å². The van der Waals surface area contributed by atoms with Gasteiger partial charge in [-0.05, 0) is 33.1 Å². The van der Waals surface area contributed by atoms with Crippen molar-refractivity contribution in [3.8, 4) is 0 Å². The number of alkyl carbamates (subject to hydrolysis) is 1. The van der Waals surface area contributed by atoms with Gasteiger partial charge in [-0.1, -0.05) is 13.8 Å². The quantitative estimate of drug-likeness (QED) is 0.685. The van der Waals surface area contributed by atoms with Crippen LogP contribution in [0.5, 0.6) is 0 Å². The van der Waals surface area contributed by atoms with Gasteiger partial charge in [-0.2, -0.15) is 0 Å². The predicted molar refractivity (Wildman–Crippen MR) is 84.1 cm³/mol. The standard InChI is InChI=1S/C14H28NO6P/c1-10(2)8-11(15-13(17)21-14(3,4)5)12(16)9-22(18,19-6)20-7/h10-11H,8-9H2,1-7H3,(H,15,17)/t11-/m1/s1. The molecule has 0 spiro atoms. The molecule has 8 heteroatoms. The smallest absolute Gasteiger partial charge is 0.408 e. The van der Waals surface area contributed by atoms with E-state index in [4.69, 9.17) is 13.8 Å². The van der Waals surface area contributed by atoms with Crippen LogP contribution in [-0.2, 0) is 23.1 Å². The van der Waals surface area contributed by atoms with Crippen LogP contribution < -0.4 is 5.32 Å². The van der Waals surface area contributed by atoms with Gasteiger partial charge in [0.1, 0.15) is 11.8 Å². The van der Waals surface area contributed by atoms with Gasteiger partial charge in [0.25, 0.3) is 0 Å². The van der Waals surface area contributed by atoms with E-state index in [0.29, 0.717) is 6.42 Å². The van der Waals surface area contributed by atoms with E-state index in [0.717, 1.165) is 0 Å². The summed E-state index contributed by atoms with van der Waals surface area (Å²) in [6, 6.07) is -0.798. The van der Waals surface area contributed by atoms with Crippen molar-refractivity contribution in [1.82, 2.24) is 5.32 Å². The lowest BCUT2D eigenvalue weighted by molar-refractivity contribution is -0.119. The first kappa shape index (κ1) is 21.1. The van der Waals surface area contributed by atoms with E-state index in [-0.39, 0.29) is 5.92 Å². The van der Waals surface area contributed by atoms with E-state index in [1.807, 2.05) is 13.8 Å². The van der Waals surface area contributed by atoms with Crippen molar-refractivity contribution in [2.24, 2.45) is 5.92 Å². The van der Waals surface area contributed by atoms with Crippen molar-refractivity contribution < 1.29 is 27.9 Å². The topological polar surface area (TPSA) is 90.9 Å². The van der Waals surface area contributed by atoms with Gasteiger partial charge in [0.2, 0.25) is 0 Å². The van der Waals surface area contributed by atoms with Crippen LogP contribution in [0.15, 0.2) is 0 Å². The third-order valence-electron chi connectivity index (χ3n) is 2.69. The maximum Gasteiger partial charge on any atom is 0.408 e. The Hall–Kier alpha value is -0.910. The fourth-order valence-corrected chi connectivity index (χ4v) is 2.71. The van der Waals surface area contributed by atoms with Crippen LogP contribution in [0.2, 0.25) is 0 Å². The number of hydrogen-bond acceptors (Lipinski definition) is 6. The highest BCUT2D eigenvalue weighted by Gasteiger charge is 2.32. The SMILES string of the molecule is COP(=O)(CC(=O)[C@@H](CC(C)C)NC(=O)OC(C)(C)C)OC. The highest BCUT2D eigenvalue weighted by Crippen LogP contribution is 2.46. The molecule has 22 heavy (non-hydrogen) atoms. The summed E-state index contributed by atoms with van der Waals surface area (Å²) in [5.74, 6) is -0.250. The minimum absolute atomic E-state index is 0.161. The Morgan fingerprint density at radius 3 is 2.00 bits per heavy atom. The molecule has 130 valence electrons. The van der Waals surface area contributed by atoms with Crippen LogP contribution in [-0.4, -0.2) is 43.9 Å². The van der Waals surface area contributed by atoms with Crippen LogP contribution >= 0.6 is 7.60 Å². The number of ether oxygens (including phenoxy) is 1. The Morgan fingerprint density at radius 2 is 1.64 bits per heavy atom. The maximum atomic E-state index is 12.3. The largest absolute Gasteiger partial charge is 0.444 e. The molecule has 0 fully saturated rings. The Bertz CT molecular complexity index is 422. The zero-order valence-electron chi connectivity index (χ0n) is 14.5. The molecule has 0 saturated carbocycles. The third kappa shape index (κ3) is 8.51. The lowest BCUT2D eigenvalue weighted by Crippen LogP contribution is -2.45. The van der Waals surface area contributed by atoms with Crippen LogP contribution in [0.3, 0.4) is 0 Å². The first-order valence-electron chi connectivity index (χ1n) is 7.15. The maximum absolute atomic E-state index is 12.3. The molecule has 7 nitrogen and oxygen atoms in total. The minimum Gasteiger partial charge on any atom is -0.444 e. The van der Waals surface area contributed by atoms with Gasteiger partial charge in [-0.15, -0.1) is 0 Å². The van der Waals surface area contributed by atoms with E-state index in [1.165, 1.54) is 14.2 Å². The average molecular weight is 337 g/mol. The number of carbonyl (C=O) groups excluding carboxylic acids is 2. The number of carbonyl (C=O) groups is 2. The number of nitrogens with one attached hydrogen (secondary N) is 1. The van der Waals surface area contributed by atoms with Crippen molar-refractivity contribution in [3.05, 3.63) is 0 Å². The van der Waals surface area contributed by atoms with Crippen molar-refractivity contribution >= 4 is 19.5 Å². The van der Waals surface area contributed by atoms with Gasteiger partial charge in [0, 0.05) is 14.2 Å². The molecule has 0 unspecified atom stereocenters. The Kier molecular flexibility index (Phi) is 8.29. The van der Waals surface area contributed by atoms with Crippen molar-refractivity contribution in [1.29, 1.82) is 0 Å².